The van der Waals surface area contributed by atoms with Gasteiger partial charge >= 0.3 is 0 Å². The highest BCUT2D eigenvalue weighted by Gasteiger charge is 2.24. The summed E-state index contributed by atoms with van der Waals surface area (Å²) in [4.78, 5) is 2.06. The highest BCUT2D eigenvalue weighted by Crippen LogP contribution is 2.27. The van der Waals surface area contributed by atoms with Gasteiger partial charge < -0.3 is 14.9 Å². The normalized spacial score (nSPS) is 11.9. The fraction of sp³-hybridized carbons (Fsp3) is 0.600. The minimum absolute atomic E-state index is 0.148. The first-order valence-corrected chi connectivity index (χ1v) is 6.71. The molecular weight excluding hydrogens is 242 g/mol. The number of methoxy groups -OCH3 is 1. The van der Waals surface area contributed by atoms with Gasteiger partial charge in [-0.3, -0.25) is 4.90 Å². The maximum atomic E-state index is 10.3. The number of rotatable bonds is 7. The van der Waals surface area contributed by atoms with E-state index < -0.39 is 5.60 Å². The summed E-state index contributed by atoms with van der Waals surface area (Å²) in [5.74, 6) is 0.625. The predicted molar refractivity (Wildman–Crippen MR) is 76.5 cm³/mol. The summed E-state index contributed by atoms with van der Waals surface area (Å²) in [6, 6.07) is 5.38. The summed E-state index contributed by atoms with van der Waals surface area (Å²) in [6.45, 7) is 5.29. The van der Waals surface area contributed by atoms with Gasteiger partial charge in [0.1, 0.15) is 0 Å². The van der Waals surface area contributed by atoms with E-state index >= 15 is 0 Å². The Hall–Kier alpha value is -1.26. The minimum Gasteiger partial charge on any atom is -0.504 e. The standard InChI is InChI=1S/C15H25NO3/c1-5-15(18,6-2)11-16(3)10-12-7-8-14(19-4)13(17)9-12/h7-9,17-18H,5-6,10-11H2,1-4H3. The van der Waals surface area contributed by atoms with Gasteiger partial charge in [-0.05, 0) is 37.6 Å². The SMILES string of the molecule is CCC(O)(CC)CN(C)Cc1ccc(OC)c(O)c1. The van der Waals surface area contributed by atoms with Crippen LogP contribution in [0.15, 0.2) is 18.2 Å². The molecule has 4 nitrogen and oxygen atoms in total. The second-order valence-corrected chi connectivity index (χ2v) is 5.11. The van der Waals surface area contributed by atoms with Crippen molar-refractivity contribution in [1.29, 1.82) is 0 Å². The van der Waals surface area contributed by atoms with Gasteiger partial charge in [0.15, 0.2) is 11.5 Å². The van der Waals surface area contributed by atoms with Crippen molar-refractivity contribution in [3.05, 3.63) is 23.8 Å². The van der Waals surface area contributed by atoms with Crippen molar-refractivity contribution in [1.82, 2.24) is 4.90 Å². The molecule has 0 atom stereocenters. The lowest BCUT2D eigenvalue weighted by Gasteiger charge is -2.30. The van der Waals surface area contributed by atoms with Gasteiger partial charge in [-0.2, -0.15) is 0 Å². The fourth-order valence-corrected chi connectivity index (χ4v) is 2.18. The number of phenols is 1. The molecule has 0 spiro atoms. The first-order valence-electron chi connectivity index (χ1n) is 6.71. The van der Waals surface area contributed by atoms with Crippen molar-refractivity contribution in [3.63, 3.8) is 0 Å². The number of likely N-dealkylation sites (N-methyl/N-ethyl adjacent to an activating group) is 1. The molecule has 0 radical (unpaired) electrons. The summed E-state index contributed by atoms with van der Waals surface area (Å²) in [5, 5.41) is 20.0. The summed E-state index contributed by atoms with van der Waals surface area (Å²) in [7, 11) is 3.50. The molecule has 4 heteroatoms. The van der Waals surface area contributed by atoms with Crippen LogP contribution in [0.1, 0.15) is 32.3 Å². The van der Waals surface area contributed by atoms with Gasteiger partial charge in [-0.15, -0.1) is 0 Å². The van der Waals surface area contributed by atoms with E-state index in [0.29, 0.717) is 18.8 Å². The Morgan fingerprint density at radius 2 is 1.89 bits per heavy atom. The number of nitrogens with zero attached hydrogens (tertiary/aromatic N) is 1. The lowest BCUT2D eigenvalue weighted by molar-refractivity contribution is 0.00130. The van der Waals surface area contributed by atoms with Crippen molar-refractivity contribution in [2.24, 2.45) is 0 Å². The molecule has 19 heavy (non-hydrogen) atoms. The van der Waals surface area contributed by atoms with Crippen molar-refractivity contribution in [3.8, 4) is 11.5 Å². The molecule has 1 aromatic carbocycles. The molecule has 0 bridgehead atoms. The molecule has 0 saturated carbocycles. The number of ether oxygens (including phenoxy) is 1. The fourth-order valence-electron chi connectivity index (χ4n) is 2.18. The van der Waals surface area contributed by atoms with E-state index in [2.05, 4.69) is 4.90 Å². The highest BCUT2D eigenvalue weighted by molar-refractivity contribution is 5.41. The van der Waals surface area contributed by atoms with E-state index in [1.54, 1.807) is 12.1 Å². The third kappa shape index (κ3) is 4.40. The topological polar surface area (TPSA) is 52.9 Å². The first kappa shape index (κ1) is 15.8. The molecule has 0 heterocycles. The molecular formula is C15H25NO3. The Morgan fingerprint density at radius 1 is 1.26 bits per heavy atom. The molecule has 0 unspecified atom stereocenters. The maximum Gasteiger partial charge on any atom is 0.160 e. The average Bonchev–Trinajstić information content (AvgIpc) is 2.38. The van der Waals surface area contributed by atoms with E-state index in [4.69, 9.17) is 4.74 Å². The van der Waals surface area contributed by atoms with Gasteiger partial charge in [0.2, 0.25) is 0 Å². The van der Waals surface area contributed by atoms with Crippen molar-refractivity contribution < 1.29 is 14.9 Å². The largest absolute Gasteiger partial charge is 0.504 e. The lowest BCUT2D eigenvalue weighted by Crippen LogP contribution is -2.40. The van der Waals surface area contributed by atoms with Crippen LogP contribution < -0.4 is 4.74 Å². The lowest BCUT2D eigenvalue weighted by atomic mass is 9.97. The van der Waals surface area contributed by atoms with Crippen LogP contribution in [0.25, 0.3) is 0 Å². The summed E-state index contributed by atoms with van der Waals surface area (Å²) in [5.41, 5.74) is 0.360. The van der Waals surface area contributed by atoms with Gasteiger partial charge in [-0.1, -0.05) is 19.9 Å². The Morgan fingerprint density at radius 3 is 2.37 bits per heavy atom. The van der Waals surface area contributed by atoms with Gasteiger partial charge in [0.25, 0.3) is 0 Å². The van der Waals surface area contributed by atoms with Crippen LogP contribution in [0.4, 0.5) is 0 Å². The summed E-state index contributed by atoms with van der Waals surface area (Å²) in [6.07, 6.45) is 1.48. The Labute approximate surface area is 115 Å². The zero-order chi connectivity index (χ0) is 14.5. The summed E-state index contributed by atoms with van der Waals surface area (Å²) >= 11 is 0. The monoisotopic (exact) mass is 267 g/mol. The molecule has 0 aliphatic rings. The van der Waals surface area contributed by atoms with Crippen LogP contribution >= 0.6 is 0 Å². The molecule has 0 saturated heterocycles. The molecule has 0 fully saturated rings. The number of aromatic hydroxyl groups is 1. The Balaban J connectivity index is 2.67. The van der Waals surface area contributed by atoms with Crippen LogP contribution in [-0.2, 0) is 6.54 Å². The first-order chi connectivity index (χ1) is 8.94. The predicted octanol–water partition coefficient (Wildman–Crippen LogP) is 2.38. The molecule has 0 amide bonds. The smallest absolute Gasteiger partial charge is 0.160 e. The minimum atomic E-state index is -0.636. The maximum absolute atomic E-state index is 10.3. The van der Waals surface area contributed by atoms with E-state index in [0.717, 1.165) is 18.4 Å². The van der Waals surface area contributed by atoms with Gasteiger partial charge in [-0.25, -0.2) is 0 Å². The van der Waals surface area contributed by atoms with E-state index in [-0.39, 0.29) is 5.75 Å². The van der Waals surface area contributed by atoms with Gasteiger partial charge in [0.05, 0.1) is 12.7 Å². The molecule has 1 rings (SSSR count). The number of benzene rings is 1. The molecule has 1 aromatic rings. The second kappa shape index (κ2) is 6.78. The van der Waals surface area contributed by atoms with Crippen molar-refractivity contribution >= 4 is 0 Å². The number of aliphatic hydroxyl groups is 1. The average molecular weight is 267 g/mol. The number of phenolic OH excluding ortho intramolecular Hbond substituents is 1. The molecule has 108 valence electrons. The van der Waals surface area contributed by atoms with Crippen LogP contribution in [0.2, 0.25) is 0 Å². The third-order valence-electron chi connectivity index (χ3n) is 3.58. The van der Waals surface area contributed by atoms with E-state index in [9.17, 15) is 10.2 Å². The highest BCUT2D eigenvalue weighted by atomic mass is 16.5. The quantitative estimate of drug-likeness (QED) is 0.796. The van der Waals surface area contributed by atoms with Crippen LogP contribution in [0, 0.1) is 0 Å². The third-order valence-corrected chi connectivity index (χ3v) is 3.58. The van der Waals surface area contributed by atoms with Crippen LogP contribution in [0.5, 0.6) is 11.5 Å². The van der Waals surface area contributed by atoms with Crippen LogP contribution in [0.3, 0.4) is 0 Å². The van der Waals surface area contributed by atoms with E-state index in [1.807, 2.05) is 27.0 Å². The van der Waals surface area contributed by atoms with Crippen LogP contribution in [-0.4, -0.2) is 41.4 Å². The van der Waals surface area contributed by atoms with Gasteiger partial charge in [0, 0.05) is 13.1 Å². The second-order valence-electron chi connectivity index (χ2n) is 5.11. The van der Waals surface area contributed by atoms with Crippen molar-refractivity contribution in [2.45, 2.75) is 38.8 Å². The number of hydrogen-bond donors (Lipinski definition) is 2. The summed E-state index contributed by atoms with van der Waals surface area (Å²) < 4.78 is 5.02. The molecule has 0 aromatic heterocycles. The zero-order valence-corrected chi connectivity index (χ0v) is 12.3. The Kier molecular flexibility index (Phi) is 5.63. The number of hydrogen-bond acceptors (Lipinski definition) is 4. The van der Waals surface area contributed by atoms with Crippen molar-refractivity contribution in [2.75, 3.05) is 20.7 Å². The molecule has 0 aliphatic carbocycles. The molecule has 2 N–H and O–H groups in total. The Bertz CT molecular complexity index is 402. The molecule has 0 aliphatic heterocycles. The zero-order valence-electron chi connectivity index (χ0n) is 12.3. The van der Waals surface area contributed by atoms with E-state index in [1.165, 1.54) is 7.11 Å².